The zero-order valence-corrected chi connectivity index (χ0v) is 12.8. The van der Waals surface area contributed by atoms with Crippen molar-refractivity contribution >= 4 is 0 Å². The molecule has 1 rings (SSSR count). The molecule has 0 saturated carbocycles. The van der Waals surface area contributed by atoms with E-state index in [9.17, 15) is 8.78 Å². The van der Waals surface area contributed by atoms with Crippen LogP contribution >= 0.6 is 0 Å². The number of aromatic nitrogens is 2. The van der Waals surface area contributed by atoms with Crippen LogP contribution in [0, 0.1) is 13.8 Å². The fourth-order valence-electron chi connectivity index (χ4n) is 1.90. The Morgan fingerprint density at radius 2 is 1.81 bits per heavy atom. The Bertz CT molecular complexity index is 408. The second-order valence-electron chi connectivity index (χ2n) is 4.67. The molecule has 120 valence electrons. The maximum atomic E-state index is 11.9. The number of ether oxygens (including phenoxy) is 2. The number of nitrogens with zero attached hydrogens (tertiary/aromatic N) is 2. The molecule has 21 heavy (non-hydrogen) atoms. The van der Waals surface area contributed by atoms with Gasteiger partial charge in [0.15, 0.2) is 0 Å². The minimum atomic E-state index is -2.44. The molecule has 0 saturated heterocycles. The van der Waals surface area contributed by atoms with E-state index < -0.39 is 13.0 Å². The summed E-state index contributed by atoms with van der Waals surface area (Å²) in [4.78, 5) is 8.80. The van der Waals surface area contributed by atoms with Crippen molar-refractivity contribution in [1.29, 1.82) is 0 Å². The van der Waals surface area contributed by atoms with Gasteiger partial charge in [-0.15, -0.1) is 0 Å². The summed E-state index contributed by atoms with van der Waals surface area (Å²) >= 11 is 0. The Balaban J connectivity index is 2.50. The normalized spacial score (nSPS) is 11.3. The maximum absolute atomic E-state index is 11.9. The highest BCUT2D eigenvalue weighted by Gasteiger charge is 2.09. The van der Waals surface area contributed by atoms with Gasteiger partial charge in [-0.05, 0) is 13.8 Å². The first-order chi connectivity index (χ1) is 10.0. The number of hydrogen-bond acceptors (Lipinski definition) is 5. The monoisotopic (exact) mass is 303 g/mol. The van der Waals surface area contributed by atoms with E-state index in [2.05, 4.69) is 15.3 Å². The highest BCUT2D eigenvalue weighted by Crippen LogP contribution is 2.10. The average molecular weight is 303 g/mol. The van der Waals surface area contributed by atoms with Crippen LogP contribution in [0.25, 0.3) is 0 Å². The fourth-order valence-corrected chi connectivity index (χ4v) is 1.90. The molecule has 1 aromatic heterocycles. The second-order valence-corrected chi connectivity index (χ2v) is 4.67. The lowest BCUT2D eigenvalue weighted by Gasteiger charge is -2.12. The lowest BCUT2D eigenvalue weighted by atomic mass is 10.1. The van der Waals surface area contributed by atoms with Crippen molar-refractivity contribution in [3.8, 4) is 0 Å². The van der Waals surface area contributed by atoms with Crippen LogP contribution in [-0.4, -0.2) is 49.9 Å². The first-order valence-electron chi connectivity index (χ1n) is 6.93. The minimum Gasteiger partial charge on any atom is -0.383 e. The predicted molar refractivity (Wildman–Crippen MR) is 75.6 cm³/mol. The smallest absolute Gasteiger partial charge is 0.261 e. The van der Waals surface area contributed by atoms with Crippen LogP contribution in [0.3, 0.4) is 0 Å². The zero-order chi connectivity index (χ0) is 15.7. The Morgan fingerprint density at radius 3 is 2.38 bits per heavy atom. The number of hydrogen-bond donors (Lipinski definition) is 1. The standard InChI is InChI=1S/C14H23F2N3O2/c1-10-12(8-17-5-7-20-3)11(2)19-14(18-10)4-6-21-9-13(15)16/h13,17H,4-9H2,1-3H3. The number of nitrogens with one attached hydrogen (secondary N) is 1. The molecule has 0 aliphatic rings. The second kappa shape index (κ2) is 9.70. The van der Waals surface area contributed by atoms with Crippen LogP contribution in [0.1, 0.15) is 22.8 Å². The molecular weight excluding hydrogens is 280 g/mol. The molecule has 1 aromatic rings. The van der Waals surface area contributed by atoms with E-state index in [0.29, 0.717) is 25.4 Å². The van der Waals surface area contributed by atoms with E-state index in [1.54, 1.807) is 7.11 Å². The van der Waals surface area contributed by atoms with Crippen molar-refractivity contribution in [3.63, 3.8) is 0 Å². The molecule has 0 atom stereocenters. The molecular formula is C14H23F2N3O2. The van der Waals surface area contributed by atoms with Crippen LogP contribution in [-0.2, 0) is 22.4 Å². The van der Waals surface area contributed by atoms with E-state index in [4.69, 9.17) is 9.47 Å². The Hall–Kier alpha value is -1.18. The van der Waals surface area contributed by atoms with E-state index in [0.717, 1.165) is 23.5 Å². The van der Waals surface area contributed by atoms with Gasteiger partial charge >= 0.3 is 0 Å². The van der Waals surface area contributed by atoms with Gasteiger partial charge in [-0.25, -0.2) is 18.7 Å². The van der Waals surface area contributed by atoms with Gasteiger partial charge in [0.25, 0.3) is 6.43 Å². The summed E-state index contributed by atoms with van der Waals surface area (Å²) in [7, 11) is 1.66. The SMILES string of the molecule is COCCNCc1c(C)nc(CCOCC(F)F)nc1C. The minimum absolute atomic E-state index is 0.203. The van der Waals surface area contributed by atoms with Crippen LogP contribution < -0.4 is 5.32 Å². The molecule has 0 spiro atoms. The van der Waals surface area contributed by atoms with Gasteiger partial charge in [0.1, 0.15) is 12.4 Å². The van der Waals surface area contributed by atoms with Crippen molar-refractivity contribution in [2.45, 2.75) is 33.2 Å². The first kappa shape index (κ1) is 17.9. The van der Waals surface area contributed by atoms with E-state index in [1.807, 2.05) is 13.8 Å². The lowest BCUT2D eigenvalue weighted by Crippen LogP contribution is -2.21. The van der Waals surface area contributed by atoms with Crippen molar-refractivity contribution in [2.75, 3.05) is 33.5 Å². The number of rotatable bonds is 10. The molecule has 0 bridgehead atoms. The Labute approximate surface area is 124 Å². The van der Waals surface area contributed by atoms with Gasteiger partial charge in [0.05, 0.1) is 13.2 Å². The third kappa shape index (κ3) is 6.88. The summed E-state index contributed by atoms with van der Waals surface area (Å²) in [6.45, 7) is 5.60. The van der Waals surface area contributed by atoms with Gasteiger partial charge in [0, 0.05) is 43.6 Å². The third-order valence-corrected chi connectivity index (χ3v) is 2.97. The molecule has 0 amide bonds. The van der Waals surface area contributed by atoms with Crippen LogP contribution in [0.5, 0.6) is 0 Å². The summed E-state index contributed by atoms with van der Waals surface area (Å²) in [6.07, 6.45) is -2.00. The summed E-state index contributed by atoms with van der Waals surface area (Å²) in [5, 5.41) is 3.26. The van der Waals surface area contributed by atoms with Crippen LogP contribution in [0.2, 0.25) is 0 Å². The van der Waals surface area contributed by atoms with Crippen LogP contribution in [0.15, 0.2) is 0 Å². The summed E-state index contributed by atoms with van der Waals surface area (Å²) < 4.78 is 33.7. The maximum Gasteiger partial charge on any atom is 0.261 e. The quantitative estimate of drug-likeness (QED) is 0.666. The Morgan fingerprint density at radius 1 is 1.14 bits per heavy atom. The largest absolute Gasteiger partial charge is 0.383 e. The molecule has 0 unspecified atom stereocenters. The molecule has 0 radical (unpaired) electrons. The number of methoxy groups -OCH3 is 1. The summed E-state index contributed by atoms with van der Waals surface area (Å²) in [5.74, 6) is 0.625. The summed E-state index contributed by atoms with van der Waals surface area (Å²) in [5.41, 5.74) is 2.86. The molecule has 1 N–H and O–H groups in total. The van der Waals surface area contributed by atoms with E-state index in [1.165, 1.54) is 0 Å². The highest BCUT2D eigenvalue weighted by atomic mass is 19.3. The third-order valence-electron chi connectivity index (χ3n) is 2.97. The van der Waals surface area contributed by atoms with E-state index in [-0.39, 0.29) is 6.61 Å². The van der Waals surface area contributed by atoms with Gasteiger partial charge in [0.2, 0.25) is 0 Å². The summed E-state index contributed by atoms with van der Waals surface area (Å²) in [6, 6.07) is 0. The predicted octanol–water partition coefficient (Wildman–Crippen LogP) is 1.65. The topological polar surface area (TPSA) is 56.3 Å². The Kier molecular flexibility index (Phi) is 8.26. The zero-order valence-electron chi connectivity index (χ0n) is 12.8. The van der Waals surface area contributed by atoms with Crippen molar-refractivity contribution in [1.82, 2.24) is 15.3 Å². The molecule has 7 heteroatoms. The average Bonchev–Trinajstić information content (AvgIpc) is 2.42. The number of aryl methyl sites for hydroxylation is 2. The molecule has 5 nitrogen and oxygen atoms in total. The van der Waals surface area contributed by atoms with Crippen molar-refractivity contribution in [3.05, 3.63) is 22.8 Å². The van der Waals surface area contributed by atoms with Crippen molar-refractivity contribution in [2.24, 2.45) is 0 Å². The lowest BCUT2D eigenvalue weighted by molar-refractivity contribution is 0.0182. The van der Waals surface area contributed by atoms with Gasteiger partial charge in [-0.2, -0.15) is 0 Å². The number of halogens is 2. The van der Waals surface area contributed by atoms with Crippen LogP contribution in [0.4, 0.5) is 8.78 Å². The molecule has 0 fully saturated rings. The fraction of sp³-hybridized carbons (Fsp3) is 0.714. The molecule has 0 aromatic carbocycles. The molecule has 0 aliphatic carbocycles. The van der Waals surface area contributed by atoms with Crippen molar-refractivity contribution < 1.29 is 18.3 Å². The number of alkyl halides is 2. The highest BCUT2D eigenvalue weighted by molar-refractivity contribution is 5.24. The van der Waals surface area contributed by atoms with Gasteiger partial charge in [-0.1, -0.05) is 0 Å². The molecule has 1 heterocycles. The van der Waals surface area contributed by atoms with Gasteiger partial charge < -0.3 is 14.8 Å². The first-order valence-corrected chi connectivity index (χ1v) is 6.93. The van der Waals surface area contributed by atoms with Gasteiger partial charge in [-0.3, -0.25) is 0 Å². The van der Waals surface area contributed by atoms with E-state index >= 15 is 0 Å². The molecule has 0 aliphatic heterocycles.